The van der Waals surface area contributed by atoms with Gasteiger partial charge in [0.15, 0.2) is 0 Å². The molecule has 0 unspecified atom stereocenters. The third kappa shape index (κ3) is 6.61. The zero-order valence-electron chi connectivity index (χ0n) is 16.3. The number of aliphatic carboxylic acids is 1. The molecule has 30 heavy (non-hydrogen) atoms. The summed E-state index contributed by atoms with van der Waals surface area (Å²) in [6, 6.07) is 5.94. The summed E-state index contributed by atoms with van der Waals surface area (Å²) >= 11 is 7.43. The maximum atomic E-state index is 12.7. The molecular weight excluding hydrogens is 446 g/mol. The number of sulfonamides is 1. The fraction of sp³-hybridized carbons (Fsp3) is 0.400. The molecule has 1 fully saturated rings. The number of aromatic nitrogens is 1. The minimum atomic E-state index is -3.64. The van der Waals surface area contributed by atoms with Gasteiger partial charge in [-0.2, -0.15) is 0 Å². The second-order valence-corrected chi connectivity index (χ2v) is 10.3. The molecule has 2 heterocycles. The standard InChI is InChI=1S/C20H24ClN3O4S2/c21-15-6-8-19(9-7-15)30(27,28)23-16-10-17(4-2-1-3-5-20(25)26)24(12-16)13-18-11-22-14-29-18/h2,4,6-9,11,14,16-17,23H,1,3,5,10,12-13H2,(H,25,26)/b4-2-/t16-,17-/m1/s1. The van der Waals surface area contributed by atoms with E-state index in [0.717, 1.165) is 4.88 Å². The number of benzene rings is 1. The van der Waals surface area contributed by atoms with Crippen molar-refractivity contribution in [2.24, 2.45) is 0 Å². The number of allylic oxidation sites excluding steroid dienone is 1. The minimum absolute atomic E-state index is 0.0647. The third-order valence-corrected chi connectivity index (χ3v) is 7.41. The molecule has 1 aliphatic rings. The quantitative estimate of drug-likeness (QED) is 0.408. The number of nitrogens with zero attached hydrogens (tertiary/aromatic N) is 2. The minimum Gasteiger partial charge on any atom is -0.481 e. The molecule has 0 spiro atoms. The van der Waals surface area contributed by atoms with Crippen LogP contribution in [0.5, 0.6) is 0 Å². The number of nitrogens with one attached hydrogen (secondary N) is 1. The summed E-state index contributed by atoms with van der Waals surface area (Å²) in [4.78, 5) is 18.3. The first-order chi connectivity index (χ1) is 14.3. The van der Waals surface area contributed by atoms with Crippen molar-refractivity contribution in [3.8, 4) is 0 Å². The molecule has 0 amide bonds. The molecule has 2 atom stereocenters. The topological polar surface area (TPSA) is 99.6 Å². The van der Waals surface area contributed by atoms with Gasteiger partial charge in [0.1, 0.15) is 0 Å². The molecule has 1 aromatic heterocycles. The lowest BCUT2D eigenvalue weighted by Crippen LogP contribution is -2.37. The number of carbonyl (C=O) groups is 1. The van der Waals surface area contributed by atoms with Crippen molar-refractivity contribution in [1.82, 2.24) is 14.6 Å². The van der Waals surface area contributed by atoms with Crippen LogP contribution in [0.15, 0.2) is 53.0 Å². The first-order valence-electron chi connectivity index (χ1n) is 9.61. The Kier molecular flexibility index (Phi) is 8.01. The summed E-state index contributed by atoms with van der Waals surface area (Å²) in [5, 5.41) is 9.24. The highest BCUT2D eigenvalue weighted by Crippen LogP contribution is 2.25. The summed E-state index contributed by atoms with van der Waals surface area (Å²) < 4.78 is 28.3. The highest BCUT2D eigenvalue weighted by molar-refractivity contribution is 7.89. The van der Waals surface area contributed by atoms with Crippen molar-refractivity contribution in [3.63, 3.8) is 0 Å². The molecule has 0 radical (unpaired) electrons. The Labute approximate surface area is 185 Å². The van der Waals surface area contributed by atoms with E-state index in [2.05, 4.69) is 20.7 Å². The van der Waals surface area contributed by atoms with Gasteiger partial charge in [0.25, 0.3) is 0 Å². The Hall–Kier alpha value is -1.78. The number of hydrogen-bond donors (Lipinski definition) is 2. The van der Waals surface area contributed by atoms with Crippen molar-refractivity contribution in [3.05, 3.63) is 58.0 Å². The summed E-state index contributed by atoms with van der Waals surface area (Å²) in [6.45, 7) is 1.27. The fourth-order valence-electron chi connectivity index (χ4n) is 3.45. The molecule has 2 N–H and O–H groups in total. The maximum Gasteiger partial charge on any atom is 0.303 e. The van der Waals surface area contributed by atoms with Gasteiger partial charge >= 0.3 is 5.97 Å². The fourth-order valence-corrected chi connectivity index (χ4v) is 5.43. The monoisotopic (exact) mass is 469 g/mol. The summed E-state index contributed by atoms with van der Waals surface area (Å²) in [5.41, 5.74) is 1.78. The Bertz CT molecular complexity index is 962. The van der Waals surface area contributed by atoms with Gasteiger partial charge in [-0.25, -0.2) is 13.1 Å². The van der Waals surface area contributed by atoms with Gasteiger partial charge in [-0.3, -0.25) is 14.7 Å². The van der Waals surface area contributed by atoms with E-state index in [4.69, 9.17) is 16.7 Å². The first kappa shape index (κ1) is 22.9. The lowest BCUT2D eigenvalue weighted by molar-refractivity contribution is -0.137. The third-order valence-electron chi connectivity index (χ3n) is 4.86. The van der Waals surface area contributed by atoms with Crippen LogP contribution in [0.25, 0.3) is 0 Å². The second-order valence-electron chi connectivity index (χ2n) is 7.19. The van der Waals surface area contributed by atoms with E-state index in [9.17, 15) is 13.2 Å². The second kappa shape index (κ2) is 10.5. The summed E-state index contributed by atoms with van der Waals surface area (Å²) in [6.07, 6.45) is 7.91. The molecule has 0 saturated carbocycles. The van der Waals surface area contributed by atoms with Gasteiger partial charge in [0.05, 0.1) is 10.4 Å². The Morgan fingerprint density at radius 3 is 2.80 bits per heavy atom. The number of unbranched alkanes of at least 4 members (excludes halogenated alkanes) is 1. The number of carboxylic acid groups (broad SMARTS) is 1. The molecule has 0 bridgehead atoms. The predicted molar refractivity (Wildman–Crippen MR) is 117 cm³/mol. The highest BCUT2D eigenvalue weighted by atomic mass is 35.5. The van der Waals surface area contributed by atoms with Gasteiger partial charge in [0, 0.05) is 47.7 Å². The van der Waals surface area contributed by atoms with Crippen LogP contribution in [0.1, 0.15) is 30.6 Å². The normalized spacial score (nSPS) is 20.2. The van der Waals surface area contributed by atoms with Crippen LogP contribution in [0.3, 0.4) is 0 Å². The zero-order valence-corrected chi connectivity index (χ0v) is 18.7. The summed E-state index contributed by atoms with van der Waals surface area (Å²) in [5.74, 6) is -0.798. The lowest BCUT2D eigenvalue weighted by Gasteiger charge is -2.20. The van der Waals surface area contributed by atoms with Crippen LogP contribution in [0, 0.1) is 0 Å². The molecule has 162 valence electrons. The number of carboxylic acids is 1. The van der Waals surface area contributed by atoms with Crippen molar-refractivity contribution < 1.29 is 18.3 Å². The van der Waals surface area contributed by atoms with Gasteiger partial charge in [0.2, 0.25) is 10.0 Å². The van der Waals surface area contributed by atoms with Crippen molar-refractivity contribution in [1.29, 1.82) is 0 Å². The van der Waals surface area contributed by atoms with E-state index < -0.39 is 16.0 Å². The van der Waals surface area contributed by atoms with E-state index in [1.807, 2.05) is 12.3 Å². The van der Waals surface area contributed by atoms with E-state index in [1.54, 1.807) is 29.0 Å². The van der Waals surface area contributed by atoms with Gasteiger partial charge < -0.3 is 5.11 Å². The number of hydrogen-bond acceptors (Lipinski definition) is 6. The van der Waals surface area contributed by atoms with Crippen molar-refractivity contribution >= 4 is 38.9 Å². The summed E-state index contributed by atoms with van der Waals surface area (Å²) in [7, 11) is -3.64. The van der Waals surface area contributed by atoms with E-state index in [1.165, 1.54) is 12.1 Å². The lowest BCUT2D eigenvalue weighted by atomic mass is 10.1. The number of likely N-dealkylation sites (tertiary alicyclic amines) is 1. The highest BCUT2D eigenvalue weighted by Gasteiger charge is 2.33. The molecule has 3 rings (SSSR count). The average Bonchev–Trinajstić information content (AvgIpc) is 3.32. The number of thiazole rings is 1. The molecule has 7 nitrogen and oxygen atoms in total. The van der Waals surface area contributed by atoms with Crippen molar-refractivity contribution in [2.75, 3.05) is 6.54 Å². The Balaban J connectivity index is 1.66. The van der Waals surface area contributed by atoms with Crippen molar-refractivity contribution in [2.45, 2.75) is 49.2 Å². The van der Waals surface area contributed by atoms with E-state index in [-0.39, 0.29) is 23.4 Å². The largest absolute Gasteiger partial charge is 0.481 e. The number of rotatable bonds is 10. The zero-order chi connectivity index (χ0) is 21.6. The van der Waals surface area contributed by atoms with Crippen LogP contribution in [-0.2, 0) is 21.4 Å². The van der Waals surface area contributed by atoms with Crippen LogP contribution in [0.4, 0.5) is 0 Å². The van der Waals surface area contributed by atoms with E-state index >= 15 is 0 Å². The van der Waals surface area contributed by atoms with Crippen LogP contribution in [-0.4, -0.2) is 48.0 Å². The molecular formula is C20H24ClN3O4S2. The SMILES string of the molecule is O=C(O)CCC/C=C\[C@@H]1C[C@@H](NS(=O)(=O)c2ccc(Cl)cc2)CN1Cc1cncs1. The van der Waals surface area contributed by atoms with Crippen LogP contribution < -0.4 is 4.72 Å². The maximum absolute atomic E-state index is 12.7. The molecule has 10 heteroatoms. The smallest absolute Gasteiger partial charge is 0.303 e. The molecule has 1 aliphatic heterocycles. The molecule has 0 aliphatic carbocycles. The Morgan fingerprint density at radius 2 is 2.13 bits per heavy atom. The Morgan fingerprint density at radius 1 is 1.37 bits per heavy atom. The van der Waals surface area contributed by atoms with Crippen LogP contribution >= 0.6 is 22.9 Å². The average molecular weight is 470 g/mol. The van der Waals surface area contributed by atoms with Gasteiger partial charge in [-0.15, -0.1) is 11.3 Å². The molecule has 2 aromatic rings. The van der Waals surface area contributed by atoms with Gasteiger partial charge in [-0.1, -0.05) is 23.8 Å². The number of halogens is 1. The first-order valence-corrected chi connectivity index (χ1v) is 12.4. The predicted octanol–water partition coefficient (Wildman–Crippen LogP) is 3.53. The molecule has 1 aromatic carbocycles. The van der Waals surface area contributed by atoms with Gasteiger partial charge in [-0.05, 0) is 43.5 Å². The van der Waals surface area contributed by atoms with E-state index in [0.29, 0.717) is 37.4 Å². The van der Waals surface area contributed by atoms with Crippen LogP contribution in [0.2, 0.25) is 5.02 Å². The molecule has 1 saturated heterocycles.